The highest BCUT2D eigenvalue weighted by Gasteiger charge is 2.34. The topological polar surface area (TPSA) is 34.1 Å². The van der Waals surface area contributed by atoms with Crippen LogP contribution in [0.3, 0.4) is 0 Å². The van der Waals surface area contributed by atoms with E-state index in [4.69, 9.17) is 0 Å². The molecule has 0 atom stereocenters. The molecule has 0 N–H and O–H groups in total. The van der Waals surface area contributed by atoms with Gasteiger partial charge in [0.25, 0.3) is 0 Å². The highest BCUT2D eigenvalue weighted by Crippen LogP contribution is 2.52. The molecule has 4 heteroatoms. The Kier molecular flexibility index (Phi) is 10.5. The maximum absolute atomic E-state index is 16.1. The van der Waals surface area contributed by atoms with Crippen molar-refractivity contribution in [1.29, 1.82) is 0 Å². The maximum atomic E-state index is 16.1. The molecule has 0 aliphatic heterocycles. The lowest BCUT2D eigenvalue weighted by molar-refractivity contribution is 0.592. The van der Waals surface area contributed by atoms with Gasteiger partial charge in [-0.05, 0) is 132 Å². The van der Waals surface area contributed by atoms with Crippen molar-refractivity contribution < 1.29 is 9.13 Å². The van der Waals surface area contributed by atoms with Crippen LogP contribution in [-0.4, -0.2) is 0 Å². The standard InChI is InChI=1S/C76H48O2P2/c77-79(53-20-5-1-6-21-53,54-22-7-2-8-23-54)71-33-17-31-58-59(30-16-32-64(58)71)69-48-70(68-43-39-50-19-15-18-49-38-42-67(69)76(68)73(49)50)62-41-37-52-35-34-51-36-40-61(65-44-45-66(62)75(52)74(51)65)60-46-47-72(63-29-14-13-28-57(60)63)80(78,55-24-9-3-10-25-55)56-26-11-4-12-27-56/h1-48H. The van der Waals surface area contributed by atoms with Gasteiger partial charge in [-0.25, -0.2) is 0 Å². The van der Waals surface area contributed by atoms with E-state index in [0.29, 0.717) is 0 Å². The van der Waals surface area contributed by atoms with Gasteiger partial charge in [-0.2, -0.15) is 0 Å². The van der Waals surface area contributed by atoms with Crippen LogP contribution in [-0.2, 0) is 9.13 Å². The Hall–Kier alpha value is -9.42. The van der Waals surface area contributed by atoms with Gasteiger partial charge < -0.3 is 9.13 Å². The molecule has 0 spiro atoms. The lowest BCUT2D eigenvalue weighted by Gasteiger charge is -2.23. The average Bonchev–Trinajstić information content (AvgIpc) is 3.64. The second kappa shape index (κ2) is 18.1. The van der Waals surface area contributed by atoms with E-state index in [0.717, 1.165) is 75.6 Å². The summed E-state index contributed by atoms with van der Waals surface area (Å²) in [6.45, 7) is 0. The van der Waals surface area contributed by atoms with Crippen LogP contribution in [0.15, 0.2) is 291 Å². The summed E-state index contributed by atoms with van der Waals surface area (Å²) >= 11 is 0. The van der Waals surface area contributed by atoms with Crippen molar-refractivity contribution in [2.45, 2.75) is 0 Å². The molecule has 0 radical (unpaired) electrons. The zero-order chi connectivity index (χ0) is 53.1. The molecule has 0 heterocycles. The minimum absolute atomic E-state index is 0.815. The molecule has 0 bridgehead atoms. The molecule has 80 heavy (non-hydrogen) atoms. The van der Waals surface area contributed by atoms with Crippen molar-refractivity contribution in [1.82, 2.24) is 0 Å². The van der Waals surface area contributed by atoms with Crippen molar-refractivity contribution in [2.24, 2.45) is 0 Å². The summed E-state index contributed by atoms with van der Waals surface area (Å²) in [6, 6.07) is 102. The van der Waals surface area contributed by atoms with Crippen LogP contribution in [0.5, 0.6) is 0 Å². The molecule has 16 aromatic rings. The fourth-order valence-corrected chi connectivity index (χ4v) is 19.3. The summed E-state index contributed by atoms with van der Waals surface area (Å²) < 4.78 is 32.1. The summed E-state index contributed by atoms with van der Waals surface area (Å²) in [6.07, 6.45) is 0. The van der Waals surface area contributed by atoms with Crippen LogP contribution >= 0.6 is 14.3 Å². The summed E-state index contributed by atoms with van der Waals surface area (Å²) in [7, 11) is -6.60. The summed E-state index contributed by atoms with van der Waals surface area (Å²) in [4.78, 5) is 0. The number of fused-ring (bicyclic) bond motifs is 2. The highest BCUT2D eigenvalue weighted by atomic mass is 31.2. The monoisotopic (exact) mass is 1050 g/mol. The Bertz CT molecular complexity index is 5130. The van der Waals surface area contributed by atoms with E-state index in [1.807, 2.05) is 121 Å². The Labute approximate surface area is 463 Å². The lowest BCUT2D eigenvalue weighted by Crippen LogP contribution is -2.25. The first-order valence-electron chi connectivity index (χ1n) is 27.4. The van der Waals surface area contributed by atoms with E-state index in [1.165, 1.54) is 75.8 Å². The fraction of sp³-hybridized carbons (Fsp3) is 0. The van der Waals surface area contributed by atoms with Crippen LogP contribution < -0.4 is 31.8 Å². The first-order valence-corrected chi connectivity index (χ1v) is 30.8. The SMILES string of the molecule is O=P(c1ccccc1)(c1ccccc1)c1ccc(-c2ccc3ccc4ccc(-c5cc(-c6cccc7c(P(=O)(c8ccccc8)c8ccccc8)cccc67)c6ccc7cccc8ccc5c6c78)c5ccc2c3c45)c2ccccc12. The quantitative estimate of drug-likeness (QED) is 0.107. The van der Waals surface area contributed by atoms with E-state index in [9.17, 15) is 0 Å². The van der Waals surface area contributed by atoms with Crippen LogP contribution in [0.25, 0.3) is 120 Å². The smallest absolute Gasteiger partial charge is 0.171 e. The second-order valence-electron chi connectivity index (χ2n) is 21.2. The molecular formula is C76H48O2P2. The third-order valence-corrected chi connectivity index (χ3v) is 23.4. The van der Waals surface area contributed by atoms with Gasteiger partial charge in [-0.3, -0.25) is 0 Å². The van der Waals surface area contributed by atoms with Gasteiger partial charge in [-0.15, -0.1) is 0 Å². The van der Waals surface area contributed by atoms with Crippen LogP contribution in [0.4, 0.5) is 0 Å². The van der Waals surface area contributed by atoms with Crippen LogP contribution in [0, 0.1) is 0 Å². The molecule has 0 aliphatic carbocycles. The third kappa shape index (κ3) is 6.80. The second-order valence-corrected chi connectivity index (χ2v) is 26.7. The normalized spacial score (nSPS) is 12.3. The van der Waals surface area contributed by atoms with Crippen molar-refractivity contribution in [3.05, 3.63) is 291 Å². The molecule has 0 saturated heterocycles. The Balaban J connectivity index is 0.928. The Morgan fingerprint density at radius 1 is 0.188 bits per heavy atom. The summed E-state index contributed by atoms with van der Waals surface area (Å²) in [5, 5.41) is 23.6. The molecule has 0 aromatic heterocycles. The highest BCUT2D eigenvalue weighted by molar-refractivity contribution is 7.86. The van der Waals surface area contributed by atoms with Gasteiger partial charge in [0.2, 0.25) is 0 Å². The van der Waals surface area contributed by atoms with Gasteiger partial charge in [0, 0.05) is 31.8 Å². The first-order chi connectivity index (χ1) is 39.5. The maximum Gasteiger partial charge on any atom is 0.171 e. The molecule has 0 amide bonds. The van der Waals surface area contributed by atoms with E-state index in [-0.39, 0.29) is 0 Å². The third-order valence-electron chi connectivity index (χ3n) is 17.1. The zero-order valence-corrected chi connectivity index (χ0v) is 45.2. The minimum atomic E-state index is -3.32. The van der Waals surface area contributed by atoms with Crippen molar-refractivity contribution in [3.8, 4) is 33.4 Å². The van der Waals surface area contributed by atoms with Gasteiger partial charge >= 0.3 is 0 Å². The molecule has 16 aromatic carbocycles. The first kappa shape index (κ1) is 46.7. The molecule has 0 saturated carbocycles. The largest absolute Gasteiger partial charge is 0.309 e. The summed E-state index contributed by atoms with van der Waals surface area (Å²) in [5.41, 5.74) is 6.81. The minimum Gasteiger partial charge on any atom is -0.309 e. The molecule has 0 unspecified atom stereocenters. The molecule has 0 fully saturated rings. The predicted molar refractivity (Wildman–Crippen MR) is 344 cm³/mol. The average molecular weight is 1060 g/mol. The van der Waals surface area contributed by atoms with Crippen LogP contribution in [0.1, 0.15) is 0 Å². The molecule has 16 rings (SSSR count). The van der Waals surface area contributed by atoms with E-state index >= 15 is 9.13 Å². The van der Waals surface area contributed by atoms with Gasteiger partial charge in [-0.1, -0.05) is 279 Å². The number of hydrogen-bond donors (Lipinski definition) is 0. The molecule has 0 aliphatic rings. The molecular weight excluding hydrogens is 1010 g/mol. The van der Waals surface area contributed by atoms with Crippen molar-refractivity contribution in [3.63, 3.8) is 0 Å². The van der Waals surface area contributed by atoms with Gasteiger partial charge in [0.1, 0.15) is 0 Å². The number of benzene rings is 16. The van der Waals surface area contributed by atoms with Gasteiger partial charge in [0.05, 0.1) is 0 Å². The van der Waals surface area contributed by atoms with Crippen molar-refractivity contribution in [2.75, 3.05) is 0 Å². The zero-order valence-electron chi connectivity index (χ0n) is 43.4. The predicted octanol–water partition coefficient (Wildman–Crippen LogP) is 18.1. The Morgan fingerprint density at radius 3 is 1.01 bits per heavy atom. The van der Waals surface area contributed by atoms with Crippen LogP contribution in [0.2, 0.25) is 0 Å². The summed E-state index contributed by atoms with van der Waals surface area (Å²) in [5.74, 6) is 0. The van der Waals surface area contributed by atoms with Crippen molar-refractivity contribution >= 4 is 132 Å². The van der Waals surface area contributed by atoms with E-state index in [2.05, 4.69) is 170 Å². The number of rotatable bonds is 9. The fourth-order valence-electron chi connectivity index (χ4n) is 13.5. The van der Waals surface area contributed by atoms with Gasteiger partial charge in [0.15, 0.2) is 14.3 Å². The molecule has 374 valence electrons. The van der Waals surface area contributed by atoms with E-state index < -0.39 is 14.3 Å². The van der Waals surface area contributed by atoms with E-state index in [1.54, 1.807) is 0 Å². The Morgan fingerprint density at radius 2 is 0.500 bits per heavy atom. The lowest BCUT2D eigenvalue weighted by atomic mass is 9.82. The number of hydrogen-bond acceptors (Lipinski definition) is 2. The molecule has 2 nitrogen and oxygen atoms in total.